The second-order valence-corrected chi connectivity index (χ2v) is 5.11. The molecule has 0 fully saturated rings. The molecule has 1 amide bonds. The highest BCUT2D eigenvalue weighted by molar-refractivity contribution is 5.95. The maximum Gasteiger partial charge on any atom is 0.271 e. The Kier molecular flexibility index (Phi) is 4.15. The number of rotatable bonds is 4. The Balaban J connectivity index is 2.58. The van der Waals surface area contributed by atoms with Gasteiger partial charge in [-0.2, -0.15) is 0 Å². The van der Waals surface area contributed by atoms with E-state index in [2.05, 4.69) is 31.1 Å². The van der Waals surface area contributed by atoms with E-state index in [1.54, 1.807) is 0 Å². The van der Waals surface area contributed by atoms with Crippen LogP contribution >= 0.6 is 0 Å². The number of methoxy groups -OCH3 is 1. The smallest absolute Gasteiger partial charge is 0.271 e. The first-order valence-corrected chi connectivity index (χ1v) is 5.54. The second kappa shape index (κ2) is 5.21. The van der Waals surface area contributed by atoms with Crippen LogP contribution in [-0.2, 0) is 0 Å². The van der Waals surface area contributed by atoms with Crippen molar-refractivity contribution in [1.29, 1.82) is 0 Å². The van der Waals surface area contributed by atoms with E-state index < -0.39 is 5.82 Å². The Morgan fingerprint density at radius 3 is 2.71 bits per heavy atom. The van der Waals surface area contributed by atoms with Crippen molar-refractivity contribution in [3.8, 4) is 5.75 Å². The molecule has 17 heavy (non-hydrogen) atoms. The van der Waals surface area contributed by atoms with E-state index in [1.165, 1.54) is 7.11 Å². The number of aromatic amines is 1. The number of halogens is 1. The maximum absolute atomic E-state index is 13.1. The molecule has 0 atom stereocenters. The van der Waals surface area contributed by atoms with Gasteiger partial charge in [-0.1, -0.05) is 20.8 Å². The summed E-state index contributed by atoms with van der Waals surface area (Å²) in [6.45, 7) is 6.82. The van der Waals surface area contributed by atoms with Crippen LogP contribution in [0.5, 0.6) is 5.75 Å². The average molecular weight is 242 g/mol. The van der Waals surface area contributed by atoms with Gasteiger partial charge < -0.3 is 15.0 Å². The molecule has 0 bridgehead atoms. The third kappa shape index (κ3) is 3.76. The van der Waals surface area contributed by atoms with Gasteiger partial charge in [0.25, 0.3) is 5.91 Å². The maximum atomic E-state index is 13.1. The lowest BCUT2D eigenvalue weighted by Gasteiger charge is -2.17. The number of ether oxygens (including phenoxy) is 1. The van der Waals surface area contributed by atoms with Crippen molar-refractivity contribution < 1.29 is 13.9 Å². The average Bonchev–Trinajstić information content (AvgIpc) is 2.57. The van der Waals surface area contributed by atoms with Crippen molar-refractivity contribution in [2.45, 2.75) is 27.2 Å². The minimum absolute atomic E-state index is 0.0433. The number of nitrogens with one attached hydrogen (secondary N) is 2. The Bertz CT molecular complexity index is 394. The Labute approximate surface area is 101 Å². The fraction of sp³-hybridized carbons (Fsp3) is 0.583. The van der Waals surface area contributed by atoms with Crippen molar-refractivity contribution in [3.63, 3.8) is 0 Å². The highest BCUT2D eigenvalue weighted by Crippen LogP contribution is 2.21. The SMILES string of the molecule is COc1c(F)c[nH]c1C(=O)NCCC(C)(C)C. The number of aromatic nitrogens is 1. The highest BCUT2D eigenvalue weighted by atomic mass is 19.1. The van der Waals surface area contributed by atoms with Crippen LogP contribution in [0.2, 0.25) is 0 Å². The molecule has 5 heteroatoms. The lowest BCUT2D eigenvalue weighted by atomic mass is 9.92. The summed E-state index contributed by atoms with van der Waals surface area (Å²) >= 11 is 0. The summed E-state index contributed by atoms with van der Waals surface area (Å²) in [7, 11) is 1.33. The van der Waals surface area contributed by atoms with Gasteiger partial charge in [0, 0.05) is 12.7 Å². The summed E-state index contributed by atoms with van der Waals surface area (Å²) < 4.78 is 18.0. The molecule has 1 aromatic heterocycles. The van der Waals surface area contributed by atoms with Crippen LogP contribution in [0.4, 0.5) is 4.39 Å². The highest BCUT2D eigenvalue weighted by Gasteiger charge is 2.18. The predicted octanol–water partition coefficient (Wildman–Crippen LogP) is 2.33. The van der Waals surface area contributed by atoms with E-state index >= 15 is 0 Å². The van der Waals surface area contributed by atoms with E-state index in [0.29, 0.717) is 6.54 Å². The van der Waals surface area contributed by atoms with Gasteiger partial charge in [-0.25, -0.2) is 4.39 Å². The van der Waals surface area contributed by atoms with Crippen LogP contribution in [0.3, 0.4) is 0 Å². The summed E-state index contributed by atoms with van der Waals surface area (Å²) in [5.41, 5.74) is 0.275. The van der Waals surface area contributed by atoms with Crippen LogP contribution in [0.1, 0.15) is 37.7 Å². The number of carbonyl (C=O) groups is 1. The molecule has 0 unspecified atom stereocenters. The molecule has 1 aromatic rings. The first-order valence-electron chi connectivity index (χ1n) is 5.54. The van der Waals surface area contributed by atoms with E-state index in [0.717, 1.165) is 12.6 Å². The van der Waals surface area contributed by atoms with Crippen LogP contribution in [0.15, 0.2) is 6.20 Å². The lowest BCUT2D eigenvalue weighted by Crippen LogP contribution is -2.27. The van der Waals surface area contributed by atoms with E-state index in [9.17, 15) is 9.18 Å². The van der Waals surface area contributed by atoms with Crippen LogP contribution in [0.25, 0.3) is 0 Å². The van der Waals surface area contributed by atoms with Gasteiger partial charge in [-0.3, -0.25) is 4.79 Å². The minimum Gasteiger partial charge on any atom is -0.491 e. The summed E-state index contributed by atoms with van der Waals surface area (Å²) in [4.78, 5) is 14.3. The molecule has 2 N–H and O–H groups in total. The van der Waals surface area contributed by atoms with Gasteiger partial charge >= 0.3 is 0 Å². The summed E-state index contributed by atoms with van der Waals surface area (Å²) in [5.74, 6) is -0.957. The molecule has 1 rings (SSSR count). The van der Waals surface area contributed by atoms with Gasteiger partial charge in [-0.05, 0) is 11.8 Å². The lowest BCUT2D eigenvalue weighted by molar-refractivity contribution is 0.0941. The molecule has 0 saturated carbocycles. The first kappa shape index (κ1) is 13.5. The molecule has 96 valence electrons. The summed E-state index contributed by atoms with van der Waals surface area (Å²) in [6, 6.07) is 0. The molecule has 0 aliphatic rings. The van der Waals surface area contributed by atoms with E-state index in [4.69, 9.17) is 4.74 Å². The molecule has 0 aliphatic carbocycles. The van der Waals surface area contributed by atoms with Crippen molar-refractivity contribution in [2.24, 2.45) is 5.41 Å². The number of hydrogen-bond acceptors (Lipinski definition) is 2. The van der Waals surface area contributed by atoms with Crippen molar-refractivity contribution in [2.75, 3.05) is 13.7 Å². The van der Waals surface area contributed by atoms with Gasteiger partial charge in [0.2, 0.25) is 0 Å². The summed E-state index contributed by atoms with van der Waals surface area (Å²) in [6.07, 6.45) is 1.96. The quantitative estimate of drug-likeness (QED) is 0.851. The van der Waals surface area contributed by atoms with Crippen LogP contribution in [-0.4, -0.2) is 24.5 Å². The van der Waals surface area contributed by atoms with Crippen molar-refractivity contribution >= 4 is 5.91 Å². The van der Waals surface area contributed by atoms with Gasteiger partial charge in [0.05, 0.1) is 7.11 Å². The predicted molar refractivity (Wildman–Crippen MR) is 63.7 cm³/mol. The van der Waals surface area contributed by atoms with Crippen molar-refractivity contribution in [1.82, 2.24) is 10.3 Å². The number of amides is 1. The molecular weight excluding hydrogens is 223 g/mol. The molecule has 0 spiro atoms. The number of hydrogen-bond donors (Lipinski definition) is 2. The van der Waals surface area contributed by atoms with E-state index in [1.807, 2.05) is 0 Å². The first-order chi connectivity index (χ1) is 7.85. The fourth-order valence-electron chi connectivity index (χ4n) is 1.39. The molecule has 0 aromatic carbocycles. The van der Waals surface area contributed by atoms with Gasteiger partial charge in [0.1, 0.15) is 5.69 Å². The monoisotopic (exact) mass is 242 g/mol. The van der Waals surface area contributed by atoms with Gasteiger partial charge in [-0.15, -0.1) is 0 Å². The fourth-order valence-corrected chi connectivity index (χ4v) is 1.39. The Morgan fingerprint density at radius 1 is 1.53 bits per heavy atom. The van der Waals surface area contributed by atoms with Crippen LogP contribution < -0.4 is 10.1 Å². The van der Waals surface area contributed by atoms with Gasteiger partial charge in [0.15, 0.2) is 11.6 Å². The van der Waals surface area contributed by atoms with E-state index in [-0.39, 0.29) is 22.8 Å². The zero-order chi connectivity index (χ0) is 13.1. The minimum atomic E-state index is -0.562. The number of carbonyl (C=O) groups excluding carboxylic acids is 1. The molecule has 0 aliphatic heterocycles. The topological polar surface area (TPSA) is 54.1 Å². The molecule has 4 nitrogen and oxygen atoms in total. The molecule has 1 heterocycles. The Morgan fingerprint density at radius 2 is 2.18 bits per heavy atom. The normalized spacial score (nSPS) is 11.4. The third-order valence-corrected chi connectivity index (χ3v) is 2.38. The second-order valence-electron chi connectivity index (χ2n) is 5.11. The molecule has 0 radical (unpaired) electrons. The van der Waals surface area contributed by atoms with Crippen molar-refractivity contribution in [3.05, 3.63) is 17.7 Å². The van der Waals surface area contributed by atoms with Crippen LogP contribution in [0, 0.1) is 11.2 Å². The number of H-pyrrole nitrogens is 1. The molecule has 0 saturated heterocycles. The Hall–Kier alpha value is -1.52. The zero-order valence-corrected chi connectivity index (χ0v) is 10.7. The zero-order valence-electron chi connectivity index (χ0n) is 10.7. The standard InChI is InChI=1S/C12H19FN2O2/c1-12(2,3)5-6-14-11(16)9-10(17-4)8(13)7-15-9/h7,15H,5-6H2,1-4H3,(H,14,16). The largest absolute Gasteiger partial charge is 0.491 e. The molecular formula is C12H19FN2O2. The third-order valence-electron chi connectivity index (χ3n) is 2.38. The summed E-state index contributed by atoms with van der Waals surface area (Å²) in [5, 5.41) is 2.73.